The van der Waals surface area contributed by atoms with Crippen molar-refractivity contribution in [1.82, 2.24) is 9.80 Å². The lowest BCUT2D eigenvalue weighted by molar-refractivity contribution is -0.134. The first-order valence-corrected chi connectivity index (χ1v) is 8.50. The molecule has 1 fully saturated rings. The van der Waals surface area contributed by atoms with Gasteiger partial charge in [-0.15, -0.1) is 11.3 Å². The molecule has 2 heterocycles. The number of carbonyl (C=O) groups excluding carboxylic acids is 2. The van der Waals surface area contributed by atoms with Crippen molar-refractivity contribution in [3.8, 4) is 0 Å². The SMILES string of the molecule is CN(C)C(=O)c1cc2c(s1)CC[C@H](C(=O)N1CCCC1)C2. The highest BCUT2D eigenvalue weighted by molar-refractivity contribution is 7.14. The summed E-state index contributed by atoms with van der Waals surface area (Å²) in [4.78, 5) is 30.3. The topological polar surface area (TPSA) is 40.6 Å². The van der Waals surface area contributed by atoms with Crippen LogP contribution in [0, 0.1) is 5.92 Å². The molecule has 2 aliphatic rings. The summed E-state index contributed by atoms with van der Waals surface area (Å²) in [6.45, 7) is 1.85. The first-order chi connectivity index (χ1) is 10.1. The summed E-state index contributed by atoms with van der Waals surface area (Å²) in [5, 5.41) is 0. The third-order valence-corrected chi connectivity index (χ3v) is 5.69. The number of carbonyl (C=O) groups is 2. The van der Waals surface area contributed by atoms with Crippen LogP contribution in [0.25, 0.3) is 0 Å². The number of fused-ring (bicyclic) bond motifs is 1. The molecule has 4 nitrogen and oxygen atoms in total. The maximum absolute atomic E-state index is 12.5. The summed E-state index contributed by atoms with van der Waals surface area (Å²) in [6.07, 6.45) is 4.96. The van der Waals surface area contributed by atoms with E-state index in [-0.39, 0.29) is 11.8 Å². The van der Waals surface area contributed by atoms with Gasteiger partial charge in [-0.2, -0.15) is 0 Å². The highest BCUT2D eigenvalue weighted by atomic mass is 32.1. The van der Waals surface area contributed by atoms with Crippen LogP contribution in [-0.2, 0) is 17.6 Å². The molecule has 1 aliphatic carbocycles. The average Bonchev–Trinajstić information content (AvgIpc) is 3.13. The summed E-state index contributed by atoms with van der Waals surface area (Å²) in [5.41, 5.74) is 1.22. The van der Waals surface area contributed by atoms with Gasteiger partial charge in [0.25, 0.3) is 5.91 Å². The van der Waals surface area contributed by atoms with E-state index >= 15 is 0 Å². The third kappa shape index (κ3) is 2.84. The van der Waals surface area contributed by atoms with E-state index in [4.69, 9.17) is 0 Å². The molecule has 21 heavy (non-hydrogen) atoms. The van der Waals surface area contributed by atoms with Crippen molar-refractivity contribution in [2.24, 2.45) is 5.92 Å². The zero-order valence-corrected chi connectivity index (χ0v) is 13.5. The Kier molecular flexibility index (Phi) is 4.02. The van der Waals surface area contributed by atoms with Gasteiger partial charge in [0.1, 0.15) is 0 Å². The van der Waals surface area contributed by atoms with Crippen LogP contribution in [0.2, 0.25) is 0 Å². The summed E-state index contributed by atoms with van der Waals surface area (Å²) in [7, 11) is 3.56. The van der Waals surface area contributed by atoms with Crippen LogP contribution in [0.1, 0.15) is 39.4 Å². The summed E-state index contributed by atoms with van der Waals surface area (Å²) < 4.78 is 0. The Morgan fingerprint density at radius 3 is 2.67 bits per heavy atom. The van der Waals surface area contributed by atoms with Gasteiger partial charge >= 0.3 is 0 Å². The van der Waals surface area contributed by atoms with Gasteiger partial charge in [0, 0.05) is 38.0 Å². The van der Waals surface area contributed by atoms with Gasteiger partial charge < -0.3 is 9.80 Å². The number of hydrogen-bond donors (Lipinski definition) is 0. The zero-order chi connectivity index (χ0) is 15.0. The molecule has 1 aromatic rings. The molecule has 1 aliphatic heterocycles. The van der Waals surface area contributed by atoms with Gasteiger partial charge in [-0.05, 0) is 43.7 Å². The smallest absolute Gasteiger partial charge is 0.263 e. The molecule has 0 N–H and O–H groups in total. The molecule has 2 amide bonds. The minimum Gasteiger partial charge on any atom is -0.344 e. The highest BCUT2D eigenvalue weighted by Crippen LogP contribution is 2.34. The fraction of sp³-hybridized carbons (Fsp3) is 0.625. The number of likely N-dealkylation sites (tertiary alicyclic amines) is 1. The monoisotopic (exact) mass is 306 g/mol. The van der Waals surface area contributed by atoms with E-state index < -0.39 is 0 Å². The standard InChI is InChI=1S/C16H22N2O2S/c1-17(2)16(20)14-10-12-9-11(5-6-13(12)21-14)15(19)18-7-3-4-8-18/h10-11H,3-9H2,1-2H3/t11-/m0/s1. The van der Waals surface area contributed by atoms with Gasteiger partial charge in [-0.1, -0.05) is 0 Å². The molecule has 114 valence electrons. The second-order valence-corrected chi connectivity index (χ2v) is 7.37. The van der Waals surface area contributed by atoms with Crippen molar-refractivity contribution in [2.75, 3.05) is 27.2 Å². The van der Waals surface area contributed by atoms with Crippen molar-refractivity contribution < 1.29 is 9.59 Å². The summed E-state index contributed by atoms with van der Waals surface area (Å²) >= 11 is 1.60. The molecule has 1 atom stereocenters. The minimum atomic E-state index is 0.0665. The lowest BCUT2D eigenvalue weighted by Crippen LogP contribution is -2.36. The minimum absolute atomic E-state index is 0.0665. The van der Waals surface area contributed by atoms with E-state index in [1.54, 1.807) is 30.3 Å². The molecular weight excluding hydrogens is 284 g/mol. The van der Waals surface area contributed by atoms with Crippen molar-refractivity contribution in [3.63, 3.8) is 0 Å². The molecule has 3 rings (SSSR count). The van der Waals surface area contributed by atoms with Crippen LogP contribution >= 0.6 is 11.3 Å². The van der Waals surface area contributed by atoms with E-state index in [1.807, 2.05) is 11.0 Å². The van der Waals surface area contributed by atoms with Crippen LogP contribution in [0.5, 0.6) is 0 Å². The molecule has 0 bridgehead atoms. The van der Waals surface area contributed by atoms with Gasteiger partial charge in [0.2, 0.25) is 5.91 Å². The Morgan fingerprint density at radius 2 is 2.00 bits per heavy atom. The third-order valence-electron chi connectivity index (χ3n) is 4.47. The molecule has 0 radical (unpaired) electrons. The van der Waals surface area contributed by atoms with E-state index in [1.165, 1.54) is 10.4 Å². The molecule has 0 aromatic carbocycles. The lowest BCUT2D eigenvalue weighted by atomic mass is 9.87. The normalized spacial score (nSPS) is 21.2. The number of thiophene rings is 1. The maximum Gasteiger partial charge on any atom is 0.263 e. The molecule has 5 heteroatoms. The summed E-state index contributed by atoms with van der Waals surface area (Å²) in [5.74, 6) is 0.508. The Morgan fingerprint density at radius 1 is 1.29 bits per heavy atom. The molecule has 0 saturated carbocycles. The number of amides is 2. The number of rotatable bonds is 2. The van der Waals surface area contributed by atoms with E-state index in [9.17, 15) is 9.59 Å². The van der Waals surface area contributed by atoms with Gasteiger partial charge in [0.05, 0.1) is 4.88 Å². The van der Waals surface area contributed by atoms with Crippen LogP contribution in [0.3, 0.4) is 0 Å². The Bertz CT molecular complexity index is 559. The summed E-state index contributed by atoms with van der Waals surface area (Å²) in [6, 6.07) is 2.01. The average molecular weight is 306 g/mol. The fourth-order valence-corrected chi connectivity index (χ4v) is 4.49. The van der Waals surface area contributed by atoms with Gasteiger partial charge in [0.15, 0.2) is 0 Å². The van der Waals surface area contributed by atoms with Crippen molar-refractivity contribution in [3.05, 3.63) is 21.4 Å². The number of aryl methyl sites for hydroxylation is 1. The molecular formula is C16H22N2O2S. The first kappa shape index (κ1) is 14.6. The molecule has 0 unspecified atom stereocenters. The highest BCUT2D eigenvalue weighted by Gasteiger charge is 2.31. The van der Waals surface area contributed by atoms with E-state index in [0.29, 0.717) is 5.91 Å². The quantitative estimate of drug-likeness (QED) is 0.840. The molecule has 1 saturated heterocycles. The predicted molar refractivity (Wildman–Crippen MR) is 83.7 cm³/mol. The number of hydrogen-bond acceptors (Lipinski definition) is 3. The predicted octanol–water partition coefficient (Wildman–Crippen LogP) is 2.18. The largest absolute Gasteiger partial charge is 0.344 e. The Balaban J connectivity index is 1.73. The van der Waals surface area contributed by atoms with E-state index in [0.717, 1.165) is 50.1 Å². The first-order valence-electron chi connectivity index (χ1n) is 7.68. The van der Waals surface area contributed by atoms with Crippen LogP contribution < -0.4 is 0 Å². The van der Waals surface area contributed by atoms with Gasteiger partial charge in [-0.25, -0.2) is 0 Å². The zero-order valence-electron chi connectivity index (χ0n) is 12.7. The lowest BCUT2D eigenvalue weighted by Gasteiger charge is -2.26. The van der Waals surface area contributed by atoms with Crippen molar-refractivity contribution in [1.29, 1.82) is 0 Å². The van der Waals surface area contributed by atoms with E-state index in [2.05, 4.69) is 0 Å². The fourth-order valence-electron chi connectivity index (χ4n) is 3.26. The maximum atomic E-state index is 12.5. The Hall–Kier alpha value is -1.36. The van der Waals surface area contributed by atoms with Gasteiger partial charge in [-0.3, -0.25) is 9.59 Å². The molecule has 0 spiro atoms. The number of nitrogens with zero attached hydrogens (tertiary/aromatic N) is 2. The molecule has 1 aromatic heterocycles. The second kappa shape index (κ2) is 5.79. The Labute approximate surface area is 129 Å². The van der Waals surface area contributed by atoms with Crippen LogP contribution in [0.15, 0.2) is 6.07 Å². The van der Waals surface area contributed by atoms with Crippen molar-refractivity contribution >= 4 is 23.2 Å². The van der Waals surface area contributed by atoms with Crippen LogP contribution in [-0.4, -0.2) is 48.8 Å². The van der Waals surface area contributed by atoms with Crippen molar-refractivity contribution in [2.45, 2.75) is 32.1 Å². The van der Waals surface area contributed by atoms with Crippen LogP contribution in [0.4, 0.5) is 0 Å². The second-order valence-electron chi connectivity index (χ2n) is 6.23.